The van der Waals surface area contributed by atoms with Gasteiger partial charge >= 0.3 is 5.97 Å². The molecule has 1 rings (SSSR count). The van der Waals surface area contributed by atoms with Crippen molar-refractivity contribution in [2.45, 2.75) is 20.8 Å². The van der Waals surface area contributed by atoms with Gasteiger partial charge in [0.15, 0.2) is 0 Å². The van der Waals surface area contributed by atoms with E-state index in [2.05, 4.69) is 10.3 Å². The quantitative estimate of drug-likeness (QED) is 0.493. The average Bonchev–Trinajstić information content (AvgIpc) is 2.90. The first kappa shape index (κ1) is 16.9. The van der Waals surface area contributed by atoms with Gasteiger partial charge in [0.05, 0.1) is 17.8 Å². The van der Waals surface area contributed by atoms with E-state index in [-0.39, 0.29) is 28.7 Å². The number of nitrogens with one attached hydrogen (secondary N) is 1. The fourth-order valence-electron chi connectivity index (χ4n) is 1.38. The van der Waals surface area contributed by atoms with Crippen LogP contribution in [0.1, 0.15) is 36.1 Å². The van der Waals surface area contributed by atoms with E-state index in [9.17, 15) is 9.59 Å². The molecule has 7 heteroatoms. The second kappa shape index (κ2) is 8.17. The number of ether oxygens (including phenoxy) is 1. The molecule has 1 aromatic heterocycles. The summed E-state index contributed by atoms with van der Waals surface area (Å²) in [6.07, 6.45) is 1.30. The molecule has 0 radical (unpaired) electrons. The van der Waals surface area contributed by atoms with Crippen LogP contribution in [-0.4, -0.2) is 30.0 Å². The summed E-state index contributed by atoms with van der Waals surface area (Å²) in [6, 6.07) is 1.82. The lowest BCUT2D eigenvalue weighted by Gasteiger charge is -2.06. The highest BCUT2D eigenvalue weighted by Crippen LogP contribution is 2.18. The highest BCUT2D eigenvalue weighted by atomic mass is 32.1. The maximum Gasteiger partial charge on any atom is 0.350 e. The van der Waals surface area contributed by atoms with Gasteiger partial charge in [-0.3, -0.25) is 4.79 Å². The van der Waals surface area contributed by atoms with Gasteiger partial charge in [-0.15, -0.1) is 11.3 Å². The summed E-state index contributed by atoms with van der Waals surface area (Å²) >= 11 is 1.11. The van der Waals surface area contributed by atoms with E-state index in [1.165, 1.54) is 11.6 Å². The van der Waals surface area contributed by atoms with Gasteiger partial charge in [0, 0.05) is 6.54 Å². The van der Waals surface area contributed by atoms with E-state index in [0.717, 1.165) is 11.3 Å². The lowest BCUT2D eigenvalue weighted by Crippen LogP contribution is -2.28. The van der Waals surface area contributed by atoms with Gasteiger partial charge in [-0.05, 0) is 18.9 Å². The predicted molar refractivity (Wildman–Crippen MR) is 79.5 cm³/mol. The number of hydrogen-bond acceptors (Lipinski definition) is 6. The minimum absolute atomic E-state index is 0.0906. The number of carbonyl (C=O) groups excluding carboxylic acids is 2. The Labute approximate surface area is 127 Å². The Morgan fingerprint density at radius 2 is 2.29 bits per heavy atom. The van der Waals surface area contributed by atoms with Crippen LogP contribution in [0.4, 0.5) is 0 Å². The molecule has 0 saturated carbocycles. The number of aromatic nitrogens is 1. The molecule has 0 fully saturated rings. The number of carbonyl (C=O) groups is 2. The summed E-state index contributed by atoms with van der Waals surface area (Å²) in [5, 5.41) is 11.7. The van der Waals surface area contributed by atoms with Crippen molar-refractivity contribution in [3.05, 3.63) is 21.7 Å². The third-order valence-electron chi connectivity index (χ3n) is 2.37. The Kier molecular flexibility index (Phi) is 6.56. The summed E-state index contributed by atoms with van der Waals surface area (Å²) in [5.74, 6) is -0.705. The van der Waals surface area contributed by atoms with Crippen molar-refractivity contribution in [2.75, 3.05) is 13.2 Å². The molecule has 0 unspecified atom stereocenters. The van der Waals surface area contributed by atoms with E-state index in [1.807, 2.05) is 19.9 Å². The Morgan fingerprint density at radius 1 is 1.57 bits per heavy atom. The number of nitriles is 1. The van der Waals surface area contributed by atoms with Crippen LogP contribution in [0.2, 0.25) is 0 Å². The SMILES string of the molecule is CCOC(=O)c1scnc1/C=C(/C#N)C(=O)NCC(C)C. The topological polar surface area (TPSA) is 92.1 Å². The number of esters is 1. The van der Waals surface area contributed by atoms with Crippen molar-refractivity contribution in [1.29, 1.82) is 5.26 Å². The fourth-order valence-corrected chi connectivity index (χ4v) is 2.04. The van der Waals surface area contributed by atoms with Crippen molar-refractivity contribution in [1.82, 2.24) is 10.3 Å². The lowest BCUT2D eigenvalue weighted by molar-refractivity contribution is -0.117. The van der Waals surface area contributed by atoms with E-state index in [4.69, 9.17) is 10.00 Å². The van der Waals surface area contributed by atoms with Gasteiger partial charge in [-0.25, -0.2) is 9.78 Å². The summed E-state index contributed by atoms with van der Waals surface area (Å²) in [5.41, 5.74) is 1.65. The predicted octanol–water partition coefficient (Wildman–Crippen LogP) is 2.00. The van der Waals surface area contributed by atoms with Gasteiger partial charge in [0.2, 0.25) is 0 Å². The fraction of sp³-hybridized carbons (Fsp3) is 0.429. The molecule has 6 nitrogen and oxygen atoms in total. The minimum atomic E-state index is -0.508. The molecule has 1 aromatic rings. The summed E-state index contributed by atoms with van der Waals surface area (Å²) < 4.78 is 4.90. The maximum atomic E-state index is 11.9. The largest absolute Gasteiger partial charge is 0.462 e. The highest BCUT2D eigenvalue weighted by Gasteiger charge is 2.17. The van der Waals surface area contributed by atoms with Crippen LogP contribution in [0.5, 0.6) is 0 Å². The van der Waals surface area contributed by atoms with Crippen LogP contribution in [-0.2, 0) is 9.53 Å². The minimum Gasteiger partial charge on any atom is -0.462 e. The molecule has 0 spiro atoms. The zero-order valence-corrected chi connectivity index (χ0v) is 13.0. The third-order valence-corrected chi connectivity index (χ3v) is 3.20. The van der Waals surface area contributed by atoms with Crippen LogP contribution >= 0.6 is 11.3 Å². The molecule has 1 N–H and O–H groups in total. The number of hydrogen-bond donors (Lipinski definition) is 1. The number of nitrogens with zero attached hydrogens (tertiary/aromatic N) is 2. The van der Waals surface area contributed by atoms with Gasteiger partial charge in [0.25, 0.3) is 5.91 Å². The van der Waals surface area contributed by atoms with Crippen LogP contribution in [0.3, 0.4) is 0 Å². The maximum absolute atomic E-state index is 11.9. The van der Waals surface area contributed by atoms with E-state index < -0.39 is 11.9 Å². The molecule has 1 amide bonds. The van der Waals surface area contributed by atoms with Crippen LogP contribution < -0.4 is 5.32 Å². The van der Waals surface area contributed by atoms with Gasteiger partial charge in [0.1, 0.15) is 16.5 Å². The molecule has 0 aliphatic heterocycles. The van der Waals surface area contributed by atoms with Gasteiger partial charge < -0.3 is 10.1 Å². The van der Waals surface area contributed by atoms with Gasteiger partial charge in [-0.1, -0.05) is 13.8 Å². The van der Waals surface area contributed by atoms with E-state index in [1.54, 1.807) is 6.92 Å². The van der Waals surface area contributed by atoms with E-state index >= 15 is 0 Å². The molecule has 21 heavy (non-hydrogen) atoms. The normalized spacial score (nSPS) is 11.1. The van der Waals surface area contributed by atoms with Crippen molar-refractivity contribution in [3.8, 4) is 6.07 Å². The molecular weight excluding hydrogens is 290 g/mol. The highest BCUT2D eigenvalue weighted by molar-refractivity contribution is 7.11. The Balaban J connectivity index is 2.94. The number of amides is 1. The molecule has 0 aliphatic carbocycles. The van der Waals surface area contributed by atoms with Crippen molar-refractivity contribution >= 4 is 29.3 Å². The zero-order valence-electron chi connectivity index (χ0n) is 12.2. The molecule has 1 heterocycles. The van der Waals surface area contributed by atoms with Crippen LogP contribution in [0.25, 0.3) is 6.08 Å². The zero-order chi connectivity index (χ0) is 15.8. The van der Waals surface area contributed by atoms with Crippen molar-refractivity contribution in [2.24, 2.45) is 5.92 Å². The summed E-state index contributed by atoms with van der Waals surface area (Å²) in [6.45, 7) is 6.33. The first-order chi connectivity index (χ1) is 9.99. The molecule has 112 valence electrons. The Morgan fingerprint density at radius 3 is 2.86 bits per heavy atom. The van der Waals surface area contributed by atoms with Crippen LogP contribution in [0.15, 0.2) is 11.1 Å². The second-order valence-electron chi connectivity index (χ2n) is 4.56. The molecule has 0 saturated heterocycles. The molecular formula is C14H17N3O3S. The standard InChI is InChI=1S/C14H17N3O3S/c1-4-20-14(19)12-11(17-8-21-12)5-10(6-15)13(18)16-7-9(2)3/h5,8-9H,4,7H2,1-3H3,(H,16,18)/b10-5-. The second-order valence-corrected chi connectivity index (χ2v) is 5.42. The molecule has 0 aromatic carbocycles. The smallest absolute Gasteiger partial charge is 0.350 e. The Bertz CT molecular complexity index is 585. The monoisotopic (exact) mass is 307 g/mol. The summed E-state index contributed by atoms with van der Waals surface area (Å²) in [7, 11) is 0. The number of thiazole rings is 1. The van der Waals surface area contributed by atoms with Crippen molar-refractivity contribution < 1.29 is 14.3 Å². The van der Waals surface area contributed by atoms with Gasteiger partial charge in [-0.2, -0.15) is 5.26 Å². The molecule has 0 bridgehead atoms. The third kappa shape index (κ3) is 5.00. The Hall–Kier alpha value is -2.20. The summed E-state index contributed by atoms with van der Waals surface area (Å²) in [4.78, 5) is 27.9. The van der Waals surface area contributed by atoms with Crippen molar-refractivity contribution in [3.63, 3.8) is 0 Å². The van der Waals surface area contributed by atoms with E-state index in [0.29, 0.717) is 6.54 Å². The van der Waals surface area contributed by atoms with Crippen LogP contribution in [0, 0.1) is 17.2 Å². The first-order valence-electron chi connectivity index (χ1n) is 6.50. The lowest BCUT2D eigenvalue weighted by atomic mass is 10.2. The average molecular weight is 307 g/mol. The first-order valence-corrected chi connectivity index (χ1v) is 7.38. The molecule has 0 atom stereocenters. The number of rotatable bonds is 6. The molecule has 0 aliphatic rings.